The van der Waals surface area contributed by atoms with E-state index in [0.29, 0.717) is 102 Å². The van der Waals surface area contributed by atoms with Crippen molar-refractivity contribution >= 4 is 59.1 Å². The average Bonchev–Trinajstić information content (AvgIpc) is 3.66. The lowest BCUT2D eigenvalue weighted by Gasteiger charge is -2.31. The Balaban J connectivity index is 3.46. The number of primary amides is 1. The van der Waals surface area contributed by atoms with Crippen LogP contribution >= 0.6 is 0 Å². The van der Waals surface area contributed by atoms with E-state index in [1.54, 1.807) is 85.7 Å². The van der Waals surface area contributed by atoms with Gasteiger partial charge in [-0.15, -0.1) is 0 Å². The molecule has 0 aliphatic heterocycles. The van der Waals surface area contributed by atoms with Gasteiger partial charge in [0.15, 0.2) is 0 Å². The van der Waals surface area contributed by atoms with E-state index >= 15 is 0 Å². The summed E-state index contributed by atoms with van der Waals surface area (Å²) >= 11 is 0. The first-order valence-electron chi connectivity index (χ1n) is 30.6. The molecule has 26 nitrogen and oxygen atoms in total. The molecule has 26 heteroatoms. The highest BCUT2D eigenvalue weighted by atomic mass is 16.2. The van der Waals surface area contributed by atoms with Crippen molar-refractivity contribution in [3.8, 4) is 0 Å². The predicted molar refractivity (Wildman–Crippen MR) is 329 cm³/mol. The summed E-state index contributed by atoms with van der Waals surface area (Å²) in [4.78, 5) is 139. The SMILES string of the molecule is CC(C)[C@H](NC(=O)[C@H](CCCCN)NC(=O)[C@@H](NC(=O)[C@@H](NC(=O)[C@@H](NC(=O)[C@H](CCCCN)NC(=O)[C@@H](N)CCCCN)C(C)C)C(C)C)C(C)C)C(=O)N[C@@H](CCCCN)C(=O)N[C@@H](Cc1ccccc1)C(=O)N[C@@H](CCCCN)C(N)=O. The van der Waals surface area contributed by atoms with Crippen molar-refractivity contribution in [3.05, 3.63) is 35.9 Å². The molecule has 0 saturated heterocycles. The Morgan fingerprint density at radius 1 is 0.329 bits per heavy atom. The number of hydrogen-bond donors (Lipinski definition) is 16. The van der Waals surface area contributed by atoms with Gasteiger partial charge in [-0.3, -0.25) is 47.9 Å². The minimum absolute atomic E-state index is 0.0307. The number of amides is 10. The molecule has 1 rings (SSSR count). The Bertz CT molecular complexity index is 2210. The number of carbonyl (C=O) groups is 10. The monoisotopic (exact) mass is 1200 g/mol. The molecule has 0 aromatic heterocycles. The quantitative estimate of drug-likeness (QED) is 0.0337. The molecule has 0 saturated carbocycles. The predicted octanol–water partition coefficient (Wildman–Crippen LogP) is -1.33. The van der Waals surface area contributed by atoms with Crippen LogP contribution in [0, 0.1) is 23.7 Å². The van der Waals surface area contributed by atoms with Crippen LogP contribution < -0.4 is 88.0 Å². The summed E-state index contributed by atoms with van der Waals surface area (Å²) in [6.45, 7) is 15.4. The van der Waals surface area contributed by atoms with Crippen molar-refractivity contribution in [1.82, 2.24) is 47.9 Å². The zero-order chi connectivity index (χ0) is 64.2. The topological polar surface area (TPSA) is 461 Å². The maximum Gasteiger partial charge on any atom is 0.243 e. The number of hydrogen-bond acceptors (Lipinski definition) is 16. The lowest BCUT2D eigenvalue weighted by molar-refractivity contribution is -0.137. The molecule has 23 N–H and O–H groups in total. The van der Waals surface area contributed by atoms with Gasteiger partial charge in [-0.2, -0.15) is 0 Å². The fourth-order valence-corrected chi connectivity index (χ4v) is 9.24. The molecule has 10 atom stereocenters. The number of carbonyl (C=O) groups excluding carboxylic acids is 10. The summed E-state index contributed by atoms with van der Waals surface area (Å²) in [5.74, 6) is -8.97. The molecule has 1 aromatic rings. The van der Waals surface area contributed by atoms with Crippen LogP contribution in [0.4, 0.5) is 0 Å². The van der Waals surface area contributed by atoms with E-state index in [2.05, 4.69) is 47.9 Å². The van der Waals surface area contributed by atoms with Gasteiger partial charge in [-0.25, -0.2) is 0 Å². The lowest BCUT2D eigenvalue weighted by Crippen LogP contribution is -2.62. The van der Waals surface area contributed by atoms with E-state index in [4.69, 9.17) is 40.1 Å². The van der Waals surface area contributed by atoms with Crippen LogP contribution in [0.15, 0.2) is 30.3 Å². The highest BCUT2D eigenvalue weighted by Crippen LogP contribution is 2.15. The van der Waals surface area contributed by atoms with Gasteiger partial charge in [0.25, 0.3) is 0 Å². The van der Waals surface area contributed by atoms with Crippen LogP contribution in [-0.4, -0.2) is 152 Å². The Morgan fingerprint density at radius 2 is 0.588 bits per heavy atom. The van der Waals surface area contributed by atoms with E-state index in [9.17, 15) is 47.9 Å². The zero-order valence-corrected chi connectivity index (χ0v) is 51.9. The largest absolute Gasteiger partial charge is 0.368 e. The van der Waals surface area contributed by atoms with E-state index in [0.717, 1.165) is 0 Å². The fraction of sp³-hybridized carbons (Fsp3) is 0.729. The minimum Gasteiger partial charge on any atom is -0.368 e. The van der Waals surface area contributed by atoms with Crippen LogP contribution in [0.25, 0.3) is 0 Å². The van der Waals surface area contributed by atoms with Crippen molar-refractivity contribution in [1.29, 1.82) is 0 Å². The Labute approximate surface area is 504 Å². The van der Waals surface area contributed by atoms with Crippen molar-refractivity contribution in [3.63, 3.8) is 0 Å². The van der Waals surface area contributed by atoms with Gasteiger partial charge >= 0.3 is 0 Å². The first-order valence-corrected chi connectivity index (χ1v) is 30.6. The van der Waals surface area contributed by atoms with E-state index in [1.807, 2.05) is 0 Å². The standard InChI is InChI=1S/C59H108N16O10/c1-35(2)46(56(82)69-42(26-14-19-31-62)52(78)71-45(34-39-22-10-9-11-23-39)55(81)67-41(50(66)76)25-13-18-30-61)72-54(80)44(28-16-21-33-64)70-57(83)47(36(3)4)74-59(85)49(38(7)8)75-58(84)48(37(5)6)73-53(79)43(27-15-20-32-63)68-51(77)40(65)24-12-17-29-60/h9-11,22-23,35-38,40-49H,12-21,24-34,60-65H2,1-8H3,(H2,66,76)(H,67,81)(H,68,77)(H,69,82)(H,70,83)(H,71,78)(H,72,80)(H,73,79)(H,74,85)(H,75,84)/t40-,41-,42-,43-,44-,45-,46-,47-,48-,49-/m0/s1. The smallest absolute Gasteiger partial charge is 0.243 e. The summed E-state index contributed by atoms with van der Waals surface area (Å²) in [7, 11) is 0. The second kappa shape index (κ2) is 42.5. The zero-order valence-electron chi connectivity index (χ0n) is 51.9. The molecule has 0 bridgehead atoms. The normalized spacial score (nSPS) is 15.0. The molecule has 0 aliphatic carbocycles. The van der Waals surface area contributed by atoms with Crippen LogP contribution in [0.1, 0.15) is 157 Å². The van der Waals surface area contributed by atoms with Gasteiger partial charge in [0.2, 0.25) is 59.1 Å². The lowest BCUT2D eigenvalue weighted by atomic mass is 9.97. The Hall–Kier alpha value is -6.32. The molecule has 0 heterocycles. The molecular weight excluding hydrogens is 1090 g/mol. The first-order chi connectivity index (χ1) is 40.3. The average molecular weight is 1200 g/mol. The van der Waals surface area contributed by atoms with Gasteiger partial charge in [0.05, 0.1) is 6.04 Å². The molecule has 85 heavy (non-hydrogen) atoms. The summed E-state index contributed by atoms with van der Waals surface area (Å²) in [5.41, 5.74) is 41.1. The molecule has 0 aliphatic rings. The summed E-state index contributed by atoms with van der Waals surface area (Å²) in [6.07, 6.45) is 6.35. The summed E-state index contributed by atoms with van der Waals surface area (Å²) in [5, 5.41) is 24.8. The summed E-state index contributed by atoms with van der Waals surface area (Å²) in [6, 6.07) is -2.54. The molecule has 10 amide bonds. The van der Waals surface area contributed by atoms with Crippen molar-refractivity contribution in [2.24, 2.45) is 63.8 Å². The fourth-order valence-electron chi connectivity index (χ4n) is 9.24. The van der Waals surface area contributed by atoms with E-state index < -0.39 is 143 Å². The van der Waals surface area contributed by atoms with Crippen LogP contribution in [0.3, 0.4) is 0 Å². The Morgan fingerprint density at radius 3 is 0.918 bits per heavy atom. The van der Waals surface area contributed by atoms with Gasteiger partial charge in [-0.05, 0) is 152 Å². The highest BCUT2D eigenvalue weighted by Gasteiger charge is 2.38. The minimum atomic E-state index is -1.24. The number of unbranched alkanes of at least 4 members (excludes halogenated alkanes) is 5. The first kappa shape index (κ1) is 76.7. The Kier molecular flexibility index (Phi) is 38.3. The molecule has 0 unspecified atom stereocenters. The number of rotatable bonds is 45. The second-order valence-corrected chi connectivity index (χ2v) is 23.3. The molecule has 0 radical (unpaired) electrons. The number of benzene rings is 1. The number of nitrogens with two attached hydrogens (primary N) is 7. The van der Waals surface area contributed by atoms with Crippen LogP contribution in [-0.2, 0) is 54.4 Å². The molecule has 484 valence electrons. The molecule has 1 aromatic carbocycles. The van der Waals surface area contributed by atoms with Crippen LogP contribution in [0.5, 0.6) is 0 Å². The third-order valence-corrected chi connectivity index (χ3v) is 14.6. The summed E-state index contributed by atoms with van der Waals surface area (Å²) < 4.78 is 0. The van der Waals surface area contributed by atoms with Crippen molar-refractivity contribution in [2.45, 2.75) is 219 Å². The van der Waals surface area contributed by atoms with Gasteiger partial charge in [-0.1, -0.05) is 92.1 Å². The molecule has 0 fully saturated rings. The van der Waals surface area contributed by atoms with Crippen LogP contribution in [0.2, 0.25) is 0 Å². The van der Waals surface area contributed by atoms with E-state index in [1.165, 1.54) is 0 Å². The third-order valence-electron chi connectivity index (χ3n) is 14.6. The van der Waals surface area contributed by atoms with Gasteiger partial charge in [0.1, 0.15) is 54.4 Å². The third kappa shape index (κ3) is 29.6. The highest BCUT2D eigenvalue weighted by molar-refractivity contribution is 5.99. The van der Waals surface area contributed by atoms with Gasteiger partial charge in [0, 0.05) is 6.42 Å². The second-order valence-electron chi connectivity index (χ2n) is 23.3. The maximum atomic E-state index is 14.4. The number of nitrogens with one attached hydrogen (secondary N) is 9. The van der Waals surface area contributed by atoms with Gasteiger partial charge < -0.3 is 88.0 Å². The van der Waals surface area contributed by atoms with Crippen molar-refractivity contribution < 1.29 is 47.9 Å². The maximum absolute atomic E-state index is 14.4. The van der Waals surface area contributed by atoms with Crippen molar-refractivity contribution in [2.75, 3.05) is 32.7 Å². The van der Waals surface area contributed by atoms with E-state index in [-0.39, 0.29) is 38.6 Å². The molecular formula is C59H108N16O10. The molecule has 0 spiro atoms.